The van der Waals surface area contributed by atoms with E-state index in [4.69, 9.17) is 32.8 Å². The van der Waals surface area contributed by atoms with E-state index in [-0.39, 0.29) is 34.3 Å². The maximum atomic E-state index is 13.6. The molecule has 0 bridgehead atoms. The molecule has 0 saturated carbocycles. The van der Waals surface area contributed by atoms with E-state index in [1.54, 1.807) is 0 Å². The Balaban J connectivity index is 1.39. The number of hydrogen-bond donors (Lipinski definition) is 10. The zero-order chi connectivity index (χ0) is 41.3. The standard InChI is InChI=1S/C38H40O19/c1-51-22-9-15(10-23(52-2)29(22)43)3-8-26(42)55-21-12-20-27(18(41)11-19(54-20)16-4-6-17(40)7-5-16)32(46)28(21)37-35(49)33(47)31(45)25(56-37)14-53-38-36(50)34(48)30(44)24(13-39)57-38/h3-12,24-25,30-31,33-40,43-50H,13-14H2,1-2H3/b8-3+/t24-,25?,30-,31-,33+,34+,35-,36-,37+,38-/m1/s1. The lowest BCUT2D eigenvalue weighted by atomic mass is 9.89. The maximum Gasteiger partial charge on any atom is 0.336 e. The Hall–Kier alpha value is -5.32. The van der Waals surface area contributed by atoms with Crippen molar-refractivity contribution in [3.8, 4) is 45.8 Å². The van der Waals surface area contributed by atoms with Crippen LogP contribution in [-0.4, -0.2) is 140 Å². The number of carbonyl (C=O) groups is 1. The monoisotopic (exact) mass is 800 g/mol. The van der Waals surface area contributed by atoms with Gasteiger partial charge in [-0.1, -0.05) is 0 Å². The molecule has 0 amide bonds. The molecule has 2 saturated heterocycles. The number of rotatable bonds is 11. The van der Waals surface area contributed by atoms with E-state index in [0.29, 0.717) is 11.1 Å². The molecule has 2 aliphatic rings. The predicted octanol–water partition coefficient (Wildman–Crippen LogP) is -0.448. The van der Waals surface area contributed by atoms with Gasteiger partial charge in [0.2, 0.25) is 5.75 Å². The van der Waals surface area contributed by atoms with Gasteiger partial charge in [0.1, 0.15) is 88.9 Å². The molecule has 10 N–H and O–H groups in total. The molecule has 10 atom stereocenters. The van der Waals surface area contributed by atoms with E-state index in [9.17, 15) is 60.7 Å². The SMILES string of the molecule is COc1cc(/C=C/C(=O)Oc2cc3oc(-c4ccc(O)cc4)cc(=O)c3c(O)c2[C@@H]2OC(CO[C@@H]3O[C@H](CO)[C@@H](O)[C@H](O)[C@H]3O)[C@@H](O)[C@H](O)[C@H]2O)cc(OC)c1O. The number of methoxy groups -OCH3 is 2. The Labute approximate surface area is 321 Å². The van der Waals surface area contributed by atoms with Crippen molar-refractivity contribution in [2.75, 3.05) is 27.4 Å². The van der Waals surface area contributed by atoms with Crippen LogP contribution in [0.5, 0.6) is 34.5 Å². The fourth-order valence-corrected chi connectivity index (χ4v) is 6.46. The summed E-state index contributed by atoms with van der Waals surface area (Å²) in [6.07, 6.45) is -15.6. The summed E-state index contributed by atoms with van der Waals surface area (Å²) < 4.78 is 38.6. The third-order valence-electron chi connectivity index (χ3n) is 9.54. The number of fused-ring (bicyclic) bond motifs is 1. The molecule has 0 aliphatic carbocycles. The van der Waals surface area contributed by atoms with Crippen LogP contribution in [0.25, 0.3) is 28.4 Å². The van der Waals surface area contributed by atoms with Crippen molar-refractivity contribution in [1.29, 1.82) is 0 Å². The van der Waals surface area contributed by atoms with E-state index >= 15 is 0 Å². The third kappa shape index (κ3) is 8.25. The second-order valence-electron chi connectivity index (χ2n) is 13.2. The number of aromatic hydroxyl groups is 3. The van der Waals surface area contributed by atoms with Crippen LogP contribution in [0.2, 0.25) is 0 Å². The van der Waals surface area contributed by atoms with Crippen LogP contribution in [0, 0.1) is 0 Å². The highest BCUT2D eigenvalue weighted by Gasteiger charge is 2.49. The number of carbonyl (C=O) groups excluding carboxylic acids is 1. The van der Waals surface area contributed by atoms with Crippen molar-refractivity contribution < 1.29 is 88.7 Å². The number of phenolic OH excluding ortho intramolecular Hbond substituents is 3. The van der Waals surface area contributed by atoms with Crippen LogP contribution in [-0.2, 0) is 19.0 Å². The molecule has 306 valence electrons. The largest absolute Gasteiger partial charge is 0.508 e. The summed E-state index contributed by atoms with van der Waals surface area (Å²) in [5, 5.41) is 104. The maximum absolute atomic E-state index is 13.6. The summed E-state index contributed by atoms with van der Waals surface area (Å²) in [5.74, 6) is -2.85. The third-order valence-corrected chi connectivity index (χ3v) is 9.54. The van der Waals surface area contributed by atoms with Gasteiger partial charge in [0.15, 0.2) is 23.2 Å². The summed E-state index contributed by atoms with van der Waals surface area (Å²) in [4.78, 5) is 26.9. The lowest BCUT2D eigenvalue weighted by molar-refractivity contribution is -0.314. The van der Waals surface area contributed by atoms with Crippen molar-refractivity contribution in [3.63, 3.8) is 0 Å². The van der Waals surface area contributed by atoms with Crippen LogP contribution in [0.15, 0.2) is 63.8 Å². The normalized spacial score (nSPS) is 27.7. The van der Waals surface area contributed by atoms with Crippen LogP contribution < -0.4 is 19.6 Å². The Morgan fingerprint density at radius 1 is 0.754 bits per heavy atom. The zero-order valence-electron chi connectivity index (χ0n) is 30.1. The minimum Gasteiger partial charge on any atom is -0.508 e. The van der Waals surface area contributed by atoms with Gasteiger partial charge in [0.05, 0.1) is 33.0 Å². The Kier molecular flexibility index (Phi) is 12.4. The molecule has 6 rings (SSSR count). The molecule has 0 radical (unpaired) electrons. The summed E-state index contributed by atoms with van der Waals surface area (Å²) in [5.41, 5.74) is -0.991. The summed E-state index contributed by atoms with van der Waals surface area (Å²) in [6, 6.07) is 10.5. The average molecular weight is 801 g/mol. The second kappa shape index (κ2) is 17.0. The first-order chi connectivity index (χ1) is 27.2. The number of aliphatic hydroxyl groups excluding tert-OH is 7. The average Bonchev–Trinajstić information content (AvgIpc) is 3.19. The van der Waals surface area contributed by atoms with E-state index in [1.807, 2.05) is 0 Å². The smallest absolute Gasteiger partial charge is 0.336 e. The van der Waals surface area contributed by atoms with Gasteiger partial charge in [-0.05, 0) is 48.0 Å². The Bertz CT molecular complexity index is 2140. The molecule has 57 heavy (non-hydrogen) atoms. The number of phenols is 3. The fraction of sp³-hybridized carbons (Fsp3) is 0.368. The van der Waals surface area contributed by atoms with Gasteiger partial charge in [-0.3, -0.25) is 4.79 Å². The molecule has 1 aromatic heterocycles. The van der Waals surface area contributed by atoms with Crippen molar-refractivity contribution in [3.05, 3.63) is 76.0 Å². The molecule has 2 aliphatic heterocycles. The van der Waals surface area contributed by atoms with E-state index in [0.717, 1.165) is 18.2 Å². The lowest BCUT2D eigenvalue weighted by Crippen LogP contribution is -2.60. The van der Waals surface area contributed by atoms with Crippen molar-refractivity contribution in [2.45, 2.75) is 61.2 Å². The second-order valence-corrected chi connectivity index (χ2v) is 13.2. The van der Waals surface area contributed by atoms with Crippen LogP contribution in [0.4, 0.5) is 0 Å². The Morgan fingerprint density at radius 3 is 2.02 bits per heavy atom. The summed E-state index contributed by atoms with van der Waals surface area (Å²) in [6.45, 7) is -1.49. The van der Waals surface area contributed by atoms with Gasteiger partial charge in [-0.2, -0.15) is 0 Å². The van der Waals surface area contributed by atoms with Crippen molar-refractivity contribution >= 4 is 23.0 Å². The highest BCUT2D eigenvalue weighted by Crippen LogP contribution is 2.46. The first kappa shape index (κ1) is 41.3. The minimum atomic E-state index is -2.06. The quantitative estimate of drug-likeness (QED) is 0.0522. The first-order valence-corrected chi connectivity index (χ1v) is 17.3. The highest BCUT2D eigenvalue weighted by atomic mass is 16.7. The van der Waals surface area contributed by atoms with Gasteiger partial charge >= 0.3 is 5.97 Å². The van der Waals surface area contributed by atoms with Gasteiger partial charge in [0, 0.05) is 23.8 Å². The molecule has 3 aromatic carbocycles. The van der Waals surface area contributed by atoms with Crippen molar-refractivity contribution in [2.24, 2.45) is 0 Å². The minimum absolute atomic E-state index is 0.00931. The summed E-state index contributed by atoms with van der Waals surface area (Å²) in [7, 11) is 2.61. The predicted molar refractivity (Wildman–Crippen MR) is 192 cm³/mol. The highest BCUT2D eigenvalue weighted by molar-refractivity contribution is 5.92. The molecule has 4 aromatic rings. The number of ether oxygens (including phenoxy) is 6. The topological polar surface area (TPSA) is 305 Å². The van der Waals surface area contributed by atoms with Crippen LogP contribution in [0.3, 0.4) is 0 Å². The summed E-state index contributed by atoms with van der Waals surface area (Å²) >= 11 is 0. The molecule has 19 nitrogen and oxygen atoms in total. The van der Waals surface area contributed by atoms with Gasteiger partial charge in [-0.15, -0.1) is 0 Å². The Morgan fingerprint density at radius 2 is 1.39 bits per heavy atom. The zero-order valence-corrected chi connectivity index (χ0v) is 30.1. The van der Waals surface area contributed by atoms with E-state index in [1.165, 1.54) is 56.7 Å². The fourth-order valence-electron chi connectivity index (χ4n) is 6.46. The number of hydrogen-bond acceptors (Lipinski definition) is 19. The molecule has 1 unspecified atom stereocenters. The van der Waals surface area contributed by atoms with E-state index < -0.39 is 108 Å². The molecule has 19 heteroatoms. The number of benzene rings is 3. The van der Waals surface area contributed by atoms with Gasteiger partial charge in [0.25, 0.3) is 0 Å². The lowest BCUT2D eigenvalue weighted by Gasteiger charge is -2.43. The molecule has 0 spiro atoms. The van der Waals surface area contributed by atoms with Gasteiger partial charge < -0.3 is 83.9 Å². The first-order valence-electron chi connectivity index (χ1n) is 17.3. The molecule has 2 fully saturated rings. The van der Waals surface area contributed by atoms with E-state index in [2.05, 4.69) is 0 Å². The van der Waals surface area contributed by atoms with Crippen molar-refractivity contribution in [1.82, 2.24) is 0 Å². The van der Waals surface area contributed by atoms with Gasteiger partial charge in [-0.25, -0.2) is 4.79 Å². The molecular weight excluding hydrogens is 760 g/mol. The number of esters is 1. The van der Waals surface area contributed by atoms with Crippen LogP contribution >= 0.6 is 0 Å². The molecular formula is C38H40O19. The molecule has 3 heterocycles. The number of aliphatic hydroxyl groups is 7. The van der Waals surface area contributed by atoms with Crippen LogP contribution in [0.1, 0.15) is 17.2 Å².